The van der Waals surface area contributed by atoms with Crippen LogP contribution < -0.4 is 10.6 Å². The lowest BCUT2D eigenvalue weighted by Crippen LogP contribution is -2.35. The Hall–Kier alpha value is -1.84. The van der Waals surface area contributed by atoms with Crippen LogP contribution in [0, 0.1) is 0 Å². The quantitative estimate of drug-likeness (QED) is 0.624. The first-order valence-electron chi connectivity index (χ1n) is 8.29. The van der Waals surface area contributed by atoms with Gasteiger partial charge in [-0.25, -0.2) is 0 Å². The van der Waals surface area contributed by atoms with Crippen molar-refractivity contribution in [2.45, 2.75) is 57.9 Å². The molecule has 4 nitrogen and oxygen atoms in total. The van der Waals surface area contributed by atoms with Crippen LogP contribution >= 0.6 is 0 Å². The molecule has 0 aromatic heterocycles. The fourth-order valence-corrected chi connectivity index (χ4v) is 2.89. The predicted molar refractivity (Wildman–Crippen MR) is 89.2 cm³/mol. The van der Waals surface area contributed by atoms with Crippen molar-refractivity contribution in [3.05, 3.63) is 29.8 Å². The standard InChI is InChI=1S/C18H26N2O2/c1-14(21)15-7-6-10-17(13-15)19-12-11-18(22)20-16-8-4-2-3-5-9-16/h6-7,10,13,16,19H,2-5,8-9,11-12H2,1H3,(H,20,22). The van der Waals surface area contributed by atoms with Crippen LogP contribution in [-0.2, 0) is 4.79 Å². The highest BCUT2D eigenvalue weighted by molar-refractivity contribution is 5.94. The van der Waals surface area contributed by atoms with Crippen LogP contribution in [0.2, 0.25) is 0 Å². The lowest BCUT2D eigenvalue weighted by atomic mass is 10.1. The summed E-state index contributed by atoms with van der Waals surface area (Å²) >= 11 is 0. The molecule has 120 valence electrons. The second-order valence-electron chi connectivity index (χ2n) is 6.07. The van der Waals surface area contributed by atoms with Crippen molar-refractivity contribution < 1.29 is 9.59 Å². The molecule has 22 heavy (non-hydrogen) atoms. The van der Waals surface area contributed by atoms with E-state index in [1.807, 2.05) is 18.2 Å². The number of rotatable bonds is 6. The van der Waals surface area contributed by atoms with Crippen molar-refractivity contribution in [1.82, 2.24) is 5.32 Å². The number of Topliss-reactive ketones (excluding diaryl/α,β-unsaturated/α-hetero) is 1. The molecule has 1 fully saturated rings. The van der Waals surface area contributed by atoms with E-state index in [1.165, 1.54) is 25.7 Å². The van der Waals surface area contributed by atoms with E-state index in [4.69, 9.17) is 0 Å². The van der Waals surface area contributed by atoms with Gasteiger partial charge in [0.2, 0.25) is 5.91 Å². The average molecular weight is 302 g/mol. The third kappa shape index (κ3) is 5.51. The van der Waals surface area contributed by atoms with Crippen LogP contribution in [0.1, 0.15) is 62.2 Å². The highest BCUT2D eigenvalue weighted by Gasteiger charge is 2.14. The maximum atomic E-state index is 12.0. The Morgan fingerprint density at radius 2 is 1.86 bits per heavy atom. The summed E-state index contributed by atoms with van der Waals surface area (Å²) in [5, 5.41) is 6.35. The third-order valence-corrected chi connectivity index (χ3v) is 4.17. The number of hydrogen-bond acceptors (Lipinski definition) is 3. The molecular weight excluding hydrogens is 276 g/mol. The molecule has 0 atom stereocenters. The molecule has 1 aromatic carbocycles. The van der Waals surface area contributed by atoms with Crippen LogP contribution in [0.5, 0.6) is 0 Å². The third-order valence-electron chi connectivity index (χ3n) is 4.17. The molecule has 2 N–H and O–H groups in total. The van der Waals surface area contributed by atoms with E-state index in [1.54, 1.807) is 13.0 Å². The molecule has 4 heteroatoms. The van der Waals surface area contributed by atoms with E-state index < -0.39 is 0 Å². The first kappa shape index (κ1) is 16.5. The van der Waals surface area contributed by atoms with Crippen LogP contribution in [0.15, 0.2) is 24.3 Å². The predicted octanol–water partition coefficient (Wildman–Crippen LogP) is 3.53. The van der Waals surface area contributed by atoms with Gasteiger partial charge >= 0.3 is 0 Å². The maximum absolute atomic E-state index is 12.0. The Morgan fingerprint density at radius 1 is 1.14 bits per heavy atom. The second-order valence-corrected chi connectivity index (χ2v) is 6.07. The number of anilines is 1. The number of amides is 1. The summed E-state index contributed by atoms with van der Waals surface area (Å²) in [6.45, 7) is 2.14. The number of carbonyl (C=O) groups excluding carboxylic acids is 2. The molecule has 2 rings (SSSR count). The molecule has 0 spiro atoms. The number of benzene rings is 1. The first-order valence-corrected chi connectivity index (χ1v) is 8.29. The van der Waals surface area contributed by atoms with Gasteiger partial charge in [-0.1, -0.05) is 37.8 Å². The van der Waals surface area contributed by atoms with Gasteiger partial charge in [-0.15, -0.1) is 0 Å². The van der Waals surface area contributed by atoms with Crippen LogP contribution in [0.4, 0.5) is 5.69 Å². The minimum absolute atomic E-state index is 0.0507. The summed E-state index contributed by atoms with van der Waals surface area (Å²) in [7, 11) is 0. The van der Waals surface area contributed by atoms with Crippen LogP contribution in [0.25, 0.3) is 0 Å². The molecule has 0 aliphatic heterocycles. The van der Waals surface area contributed by atoms with Crippen molar-refractivity contribution in [3.8, 4) is 0 Å². The Balaban J connectivity index is 1.72. The molecule has 1 aliphatic rings. The van der Waals surface area contributed by atoms with Gasteiger partial charge in [0, 0.05) is 30.3 Å². The largest absolute Gasteiger partial charge is 0.385 e. The van der Waals surface area contributed by atoms with Crippen LogP contribution in [0.3, 0.4) is 0 Å². The highest BCUT2D eigenvalue weighted by atomic mass is 16.1. The van der Waals surface area contributed by atoms with E-state index in [2.05, 4.69) is 10.6 Å². The molecule has 0 unspecified atom stereocenters. The zero-order valence-corrected chi connectivity index (χ0v) is 13.4. The molecule has 1 aliphatic carbocycles. The number of nitrogens with one attached hydrogen (secondary N) is 2. The summed E-state index contributed by atoms with van der Waals surface area (Å²) in [6.07, 6.45) is 7.71. The summed E-state index contributed by atoms with van der Waals surface area (Å²) in [4.78, 5) is 23.3. The molecule has 1 aromatic rings. The van der Waals surface area contributed by atoms with Gasteiger partial charge in [-0.3, -0.25) is 9.59 Å². The summed E-state index contributed by atoms with van der Waals surface area (Å²) in [5.74, 6) is 0.164. The zero-order chi connectivity index (χ0) is 15.8. The lowest BCUT2D eigenvalue weighted by Gasteiger charge is -2.16. The Morgan fingerprint density at radius 3 is 2.55 bits per heavy atom. The van der Waals surface area contributed by atoms with E-state index in [-0.39, 0.29) is 11.7 Å². The lowest BCUT2D eigenvalue weighted by molar-refractivity contribution is -0.121. The first-order chi connectivity index (χ1) is 10.6. The second kappa shape index (κ2) is 8.57. The molecule has 0 bridgehead atoms. The van der Waals surface area contributed by atoms with Gasteiger partial charge in [-0.2, -0.15) is 0 Å². The van der Waals surface area contributed by atoms with E-state index in [0.717, 1.165) is 18.5 Å². The van der Waals surface area contributed by atoms with Gasteiger partial charge in [-0.05, 0) is 31.9 Å². The van der Waals surface area contributed by atoms with Crippen molar-refractivity contribution in [2.75, 3.05) is 11.9 Å². The van der Waals surface area contributed by atoms with Gasteiger partial charge in [0.1, 0.15) is 0 Å². The Labute approximate surface area is 132 Å². The average Bonchev–Trinajstić information content (AvgIpc) is 2.76. The van der Waals surface area contributed by atoms with Gasteiger partial charge in [0.25, 0.3) is 0 Å². The fourth-order valence-electron chi connectivity index (χ4n) is 2.89. The number of ketones is 1. The van der Waals surface area contributed by atoms with Gasteiger partial charge in [0.05, 0.1) is 0 Å². The smallest absolute Gasteiger partial charge is 0.221 e. The molecule has 1 amide bonds. The summed E-state index contributed by atoms with van der Waals surface area (Å²) in [5.41, 5.74) is 1.57. The SMILES string of the molecule is CC(=O)c1cccc(NCCC(=O)NC2CCCCCC2)c1. The maximum Gasteiger partial charge on any atom is 0.221 e. The Bertz CT molecular complexity index is 506. The minimum atomic E-state index is 0.0507. The van der Waals surface area contributed by atoms with E-state index >= 15 is 0 Å². The molecular formula is C18H26N2O2. The molecule has 0 radical (unpaired) electrons. The summed E-state index contributed by atoms with van der Waals surface area (Å²) in [6, 6.07) is 7.74. The fraction of sp³-hybridized carbons (Fsp3) is 0.556. The molecule has 1 saturated carbocycles. The Kier molecular flexibility index (Phi) is 6.44. The van der Waals surface area contributed by atoms with Crippen molar-refractivity contribution in [1.29, 1.82) is 0 Å². The highest BCUT2D eigenvalue weighted by Crippen LogP contribution is 2.17. The van der Waals surface area contributed by atoms with Gasteiger partial charge < -0.3 is 10.6 Å². The van der Waals surface area contributed by atoms with Gasteiger partial charge in [0.15, 0.2) is 5.78 Å². The summed E-state index contributed by atoms with van der Waals surface area (Å²) < 4.78 is 0. The minimum Gasteiger partial charge on any atom is -0.385 e. The van der Waals surface area contributed by atoms with E-state index in [0.29, 0.717) is 24.6 Å². The zero-order valence-electron chi connectivity index (χ0n) is 13.4. The normalized spacial score (nSPS) is 15.9. The molecule has 0 heterocycles. The van der Waals surface area contributed by atoms with Crippen molar-refractivity contribution in [2.24, 2.45) is 0 Å². The van der Waals surface area contributed by atoms with Crippen LogP contribution in [-0.4, -0.2) is 24.3 Å². The van der Waals surface area contributed by atoms with Crippen molar-refractivity contribution in [3.63, 3.8) is 0 Å². The number of carbonyl (C=O) groups is 2. The topological polar surface area (TPSA) is 58.2 Å². The van der Waals surface area contributed by atoms with Crippen molar-refractivity contribution >= 4 is 17.4 Å². The number of hydrogen-bond donors (Lipinski definition) is 2. The molecule has 0 saturated heterocycles. The monoisotopic (exact) mass is 302 g/mol. The van der Waals surface area contributed by atoms with E-state index in [9.17, 15) is 9.59 Å².